The Kier molecular flexibility index (Phi) is 3.13. The van der Waals surface area contributed by atoms with E-state index in [0.717, 1.165) is 0 Å². The van der Waals surface area contributed by atoms with Crippen molar-refractivity contribution in [2.45, 2.75) is 6.42 Å². The number of rotatable bonds is 4. The van der Waals surface area contributed by atoms with Crippen LogP contribution in [0.25, 0.3) is 11.0 Å². The molecule has 7 nitrogen and oxygen atoms in total. The topological polar surface area (TPSA) is 115 Å². The first-order valence-electron chi connectivity index (χ1n) is 5.24. The minimum atomic E-state index is -1.09. The number of hydrogen-bond acceptors (Lipinski definition) is 3. The van der Waals surface area contributed by atoms with Crippen LogP contribution in [0, 0.1) is 0 Å². The molecule has 0 radical (unpaired) electrons. The van der Waals surface area contributed by atoms with Gasteiger partial charge in [0.2, 0.25) is 5.91 Å². The van der Waals surface area contributed by atoms with Gasteiger partial charge in [0.1, 0.15) is 6.54 Å². The first-order valence-corrected chi connectivity index (χ1v) is 5.24. The van der Waals surface area contributed by atoms with Gasteiger partial charge in [0.25, 0.3) is 0 Å². The van der Waals surface area contributed by atoms with E-state index in [0.29, 0.717) is 16.6 Å². The number of carbonyl (C=O) groups excluding carboxylic acids is 1. The molecule has 0 aliphatic carbocycles. The van der Waals surface area contributed by atoms with Crippen LogP contribution in [0.2, 0.25) is 0 Å². The van der Waals surface area contributed by atoms with Crippen LogP contribution in [0.3, 0.4) is 0 Å². The number of nitrogens with one attached hydrogen (secondary N) is 3. The number of carboxylic acid groups (broad SMARTS) is 1. The number of carbonyl (C=O) groups is 2. The molecule has 94 valence electrons. The summed E-state index contributed by atoms with van der Waals surface area (Å²) in [6.07, 6.45) is 0.0659. The van der Waals surface area contributed by atoms with E-state index in [9.17, 15) is 14.4 Å². The SMILES string of the molecule is O=C(O)CNC(=O)Cc1ccc2[nH]c(=O)[nH]c2c1. The van der Waals surface area contributed by atoms with Crippen LogP contribution in [-0.2, 0) is 16.0 Å². The van der Waals surface area contributed by atoms with E-state index in [1.54, 1.807) is 18.2 Å². The molecule has 0 atom stereocenters. The average Bonchev–Trinajstić information content (AvgIpc) is 2.66. The normalized spacial score (nSPS) is 10.4. The second-order valence-corrected chi connectivity index (χ2v) is 3.81. The fourth-order valence-electron chi connectivity index (χ4n) is 1.61. The lowest BCUT2D eigenvalue weighted by Crippen LogP contribution is -2.30. The Labute approximate surface area is 101 Å². The van der Waals surface area contributed by atoms with Crippen LogP contribution >= 0.6 is 0 Å². The summed E-state index contributed by atoms with van der Waals surface area (Å²) in [7, 11) is 0. The van der Waals surface area contributed by atoms with E-state index in [1.807, 2.05) is 0 Å². The average molecular weight is 249 g/mol. The number of carboxylic acids is 1. The molecule has 0 saturated carbocycles. The van der Waals surface area contributed by atoms with Gasteiger partial charge in [-0.25, -0.2) is 4.79 Å². The number of aliphatic carboxylic acids is 1. The zero-order valence-corrected chi connectivity index (χ0v) is 9.32. The Morgan fingerprint density at radius 2 is 1.94 bits per heavy atom. The van der Waals surface area contributed by atoms with Crippen molar-refractivity contribution in [2.75, 3.05) is 6.54 Å². The standard InChI is InChI=1S/C11H11N3O4/c15-9(12-5-10(16)17)4-6-1-2-7-8(3-6)14-11(18)13-7/h1-3H,4-5H2,(H,12,15)(H,16,17)(H2,13,14,18). The summed E-state index contributed by atoms with van der Waals surface area (Å²) >= 11 is 0. The number of aromatic amines is 2. The van der Waals surface area contributed by atoms with Gasteiger partial charge in [-0.1, -0.05) is 6.07 Å². The van der Waals surface area contributed by atoms with Gasteiger partial charge in [0.05, 0.1) is 17.5 Å². The van der Waals surface area contributed by atoms with Crippen molar-refractivity contribution in [3.8, 4) is 0 Å². The highest BCUT2D eigenvalue weighted by Crippen LogP contribution is 2.10. The number of imidazole rings is 1. The van der Waals surface area contributed by atoms with Crippen molar-refractivity contribution in [1.29, 1.82) is 0 Å². The van der Waals surface area contributed by atoms with Crippen molar-refractivity contribution in [2.24, 2.45) is 0 Å². The van der Waals surface area contributed by atoms with E-state index < -0.39 is 12.5 Å². The fourth-order valence-corrected chi connectivity index (χ4v) is 1.61. The Morgan fingerprint density at radius 1 is 1.22 bits per heavy atom. The number of aromatic nitrogens is 2. The lowest BCUT2D eigenvalue weighted by molar-refractivity contribution is -0.137. The Balaban J connectivity index is 2.09. The van der Waals surface area contributed by atoms with Gasteiger partial charge in [0, 0.05) is 0 Å². The van der Waals surface area contributed by atoms with Crippen LogP contribution in [-0.4, -0.2) is 33.5 Å². The maximum Gasteiger partial charge on any atom is 0.323 e. The molecule has 0 bridgehead atoms. The summed E-state index contributed by atoms with van der Waals surface area (Å²) in [5.74, 6) is -1.47. The lowest BCUT2D eigenvalue weighted by atomic mass is 10.1. The number of H-pyrrole nitrogens is 2. The minimum absolute atomic E-state index is 0.0659. The predicted octanol–water partition coefficient (Wildman–Crippen LogP) is -0.401. The molecule has 0 aliphatic rings. The smallest absolute Gasteiger partial charge is 0.323 e. The Bertz CT molecular complexity index is 656. The molecule has 0 fully saturated rings. The highest BCUT2D eigenvalue weighted by Gasteiger charge is 2.06. The van der Waals surface area contributed by atoms with E-state index in [4.69, 9.17) is 5.11 Å². The zero-order valence-electron chi connectivity index (χ0n) is 9.32. The van der Waals surface area contributed by atoms with E-state index >= 15 is 0 Å². The van der Waals surface area contributed by atoms with Crippen molar-refractivity contribution in [1.82, 2.24) is 15.3 Å². The van der Waals surface area contributed by atoms with Crippen LogP contribution in [0.1, 0.15) is 5.56 Å². The van der Waals surface area contributed by atoms with Crippen molar-refractivity contribution < 1.29 is 14.7 Å². The van der Waals surface area contributed by atoms with Gasteiger partial charge in [-0.2, -0.15) is 0 Å². The van der Waals surface area contributed by atoms with Crippen LogP contribution in [0.4, 0.5) is 0 Å². The molecule has 18 heavy (non-hydrogen) atoms. The van der Waals surface area contributed by atoms with E-state index in [-0.39, 0.29) is 18.0 Å². The van der Waals surface area contributed by atoms with Gasteiger partial charge < -0.3 is 20.4 Å². The molecule has 0 aliphatic heterocycles. The van der Waals surface area contributed by atoms with Crippen molar-refractivity contribution >= 4 is 22.9 Å². The molecule has 2 rings (SSSR count). The predicted molar refractivity (Wildman–Crippen MR) is 63.3 cm³/mol. The molecule has 1 aromatic heterocycles. The molecule has 1 amide bonds. The maximum absolute atomic E-state index is 11.4. The fraction of sp³-hybridized carbons (Fsp3) is 0.182. The maximum atomic E-state index is 11.4. The highest BCUT2D eigenvalue weighted by molar-refractivity contribution is 5.84. The largest absolute Gasteiger partial charge is 0.480 e. The Hall–Kier alpha value is -2.57. The molecule has 0 unspecified atom stereocenters. The summed E-state index contributed by atoms with van der Waals surface area (Å²) in [6.45, 7) is -0.401. The summed E-state index contributed by atoms with van der Waals surface area (Å²) in [5.41, 5.74) is 1.66. The molecule has 0 spiro atoms. The van der Waals surface area contributed by atoms with Gasteiger partial charge in [-0.15, -0.1) is 0 Å². The van der Waals surface area contributed by atoms with Gasteiger partial charge in [0.15, 0.2) is 0 Å². The minimum Gasteiger partial charge on any atom is -0.480 e. The molecule has 1 heterocycles. The molecular formula is C11H11N3O4. The highest BCUT2D eigenvalue weighted by atomic mass is 16.4. The van der Waals surface area contributed by atoms with Crippen molar-refractivity contribution in [3.63, 3.8) is 0 Å². The first kappa shape index (κ1) is 11.9. The third-order valence-electron chi connectivity index (χ3n) is 2.38. The third-order valence-corrected chi connectivity index (χ3v) is 2.38. The molecule has 7 heteroatoms. The quantitative estimate of drug-likeness (QED) is 0.590. The molecule has 1 aromatic carbocycles. The summed E-state index contributed by atoms with van der Waals surface area (Å²) in [4.78, 5) is 37.9. The molecule has 4 N–H and O–H groups in total. The number of benzene rings is 1. The molecule has 2 aromatic rings. The first-order chi connectivity index (χ1) is 8.54. The van der Waals surface area contributed by atoms with Crippen LogP contribution in [0.15, 0.2) is 23.0 Å². The summed E-state index contributed by atoms with van der Waals surface area (Å²) in [6, 6.07) is 5.06. The summed E-state index contributed by atoms with van der Waals surface area (Å²) < 4.78 is 0. The number of hydrogen-bond donors (Lipinski definition) is 4. The van der Waals surface area contributed by atoms with Gasteiger partial charge in [-0.05, 0) is 17.7 Å². The Morgan fingerprint density at radius 3 is 2.67 bits per heavy atom. The van der Waals surface area contributed by atoms with Gasteiger partial charge >= 0.3 is 11.7 Å². The second kappa shape index (κ2) is 4.74. The molecular weight excluding hydrogens is 238 g/mol. The summed E-state index contributed by atoms with van der Waals surface area (Å²) in [5, 5.41) is 10.7. The third kappa shape index (κ3) is 2.76. The number of amides is 1. The lowest BCUT2D eigenvalue weighted by Gasteiger charge is -2.02. The van der Waals surface area contributed by atoms with Crippen LogP contribution in [0.5, 0.6) is 0 Å². The molecule has 0 saturated heterocycles. The van der Waals surface area contributed by atoms with E-state index in [1.165, 1.54) is 0 Å². The van der Waals surface area contributed by atoms with Crippen molar-refractivity contribution in [3.05, 3.63) is 34.2 Å². The monoisotopic (exact) mass is 249 g/mol. The zero-order chi connectivity index (χ0) is 13.1. The van der Waals surface area contributed by atoms with Gasteiger partial charge in [-0.3, -0.25) is 9.59 Å². The van der Waals surface area contributed by atoms with Crippen LogP contribution < -0.4 is 11.0 Å². The second-order valence-electron chi connectivity index (χ2n) is 3.81. The van der Waals surface area contributed by atoms with E-state index in [2.05, 4.69) is 15.3 Å². The number of fused-ring (bicyclic) bond motifs is 1.